The Morgan fingerprint density at radius 2 is 1.70 bits per heavy atom. The molecule has 0 aliphatic carbocycles. The number of sulfonamides is 1. The van der Waals surface area contributed by atoms with E-state index in [2.05, 4.69) is 4.72 Å². The highest BCUT2D eigenvalue weighted by Gasteiger charge is 2.34. The summed E-state index contributed by atoms with van der Waals surface area (Å²) in [6.45, 7) is 2.68. The molecule has 0 spiro atoms. The first-order valence-electron chi connectivity index (χ1n) is 9.32. The van der Waals surface area contributed by atoms with E-state index in [4.69, 9.17) is 0 Å². The molecule has 2 aromatic rings. The molecule has 0 saturated carbocycles. The molecular formula is C20H21F5N2O2S. The average Bonchev–Trinajstić information content (AvgIpc) is 2.65. The van der Waals surface area contributed by atoms with E-state index in [0.717, 1.165) is 24.3 Å². The zero-order valence-electron chi connectivity index (χ0n) is 16.1. The van der Waals surface area contributed by atoms with Crippen molar-refractivity contribution in [2.75, 3.05) is 13.1 Å². The molecule has 2 aromatic carbocycles. The van der Waals surface area contributed by atoms with E-state index >= 15 is 0 Å². The van der Waals surface area contributed by atoms with Crippen molar-refractivity contribution in [2.45, 2.75) is 43.4 Å². The molecule has 1 fully saturated rings. The summed E-state index contributed by atoms with van der Waals surface area (Å²) in [4.78, 5) is 1.55. The summed E-state index contributed by atoms with van der Waals surface area (Å²) in [5.74, 6) is -1.84. The second-order valence-corrected chi connectivity index (χ2v) is 9.11. The lowest BCUT2D eigenvalue weighted by Crippen LogP contribution is -2.44. The van der Waals surface area contributed by atoms with Gasteiger partial charge in [0, 0.05) is 25.7 Å². The van der Waals surface area contributed by atoms with Crippen LogP contribution < -0.4 is 4.72 Å². The van der Waals surface area contributed by atoms with Crippen molar-refractivity contribution in [2.24, 2.45) is 0 Å². The third kappa shape index (κ3) is 5.35. The van der Waals surface area contributed by atoms with Crippen molar-refractivity contribution in [3.8, 4) is 0 Å². The van der Waals surface area contributed by atoms with Gasteiger partial charge in [-0.15, -0.1) is 0 Å². The van der Waals surface area contributed by atoms with Crippen LogP contribution in [0.25, 0.3) is 0 Å². The molecule has 1 aliphatic rings. The van der Waals surface area contributed by atoms with Gasteiger partial charge in [-0.1, -0.05) is 12.1 Å². The number of nitrogens with zero attached hydrogens (tertiary/aromatic N) is 1. The highest BCUT2D eigenvalue weighted by Crippen LogP contribution is 2.33. The quantitative estimate of drug-likeness (QED) is 0.697. The molecule has 1 heterocycles. The summed E-state index contributed by atoms with van der Waals surface area (Å²) in [7, 11) is -4.11. The van der Waals surface area contributed by atoms with Gasteiger partial charge < -0.3 is 0 Å². The van der Waals surface area contributed by atoms with E-state index in [9.17, 15) is 30.4 Å². The number of halogens is 5. The third-order valence-corrected chi connectivity index (χ3v) is 6.64. The van der Waals surface area contributed by atoms with Gasteiger partial charge in [0.2, 0.25) is 10.0 Å². The fourth-order valence-electron chi connectivity index (χ4n) is 3.47. The Bertz CT molecular complexity index is 1020. The SMILES string of the molecule is Cc1ccc(S(=O)(=O)NC2CCN(Cc3ccc(F)c(F)c3)CC2)cc1C(F)(F)F. The summed E-state index contributed by atoms with van der Waals surface area (Å²) in [5, 5.41) is 0. The van der Waals surface area contributed by atoms with E-state index in [1.807, 2.05) is 4.90 Å². The van der Waals surface area contributed by atoms with Crippen LogP contribution in [0.2, 0.25) is 0 Å². The van der Waals surface area contributed by atoms with Crippen molar-refractivity contribution >= 4 is 10.0 Å². The minimum atomic E-state index is -4.64. The van der Waals surface area contributed by atoms with Crippen molar-refractivity contribution in [1.29, 1.82) is 0 Å². The Balaban J connectivity index is 1.62. The van der Waals surface area contributed by atoms with E-state index in [-0.39, 0.29) is 5.56 Å². The number of hydrogen-bond acceptors (Lipinski definition) is 3. The number of rotatable bonds is 5. The number of aryl methyl sites for hydroxylation is 1. The topological polar surface area (TPSA) is 49.4 Å². The fourth-order valence-corrected chi connectivity index (χ4v) is 4.80. The lowest BCUT2D eigenvalue weighted by molar-refractivity contribution is -0.138. The second-order valence-electron chi connectivity index (χ2n) is 7.39. The molecular weight excluding hydrogens is 427 g/mol. The van der Waals surface area contributed by atoms with Gasteiger partial charge >= 0.3 is 6.18 Å². The fraction of sp³-hybridized carbons (Fsp3) is 0.400. The Morgan fingerprint density at radius 1 is 1.03 bits per heavy atom. The Kier molecular flexibility index (Phi) is 6.49. The number of alkyl halides is 3. The Hall–Kier alpha value is -2.04. The molecule has 1 N–H and O–H groups in total. The van der Waals surface area contributed by atoms with Crippen LogP contribution in [0.3, 0.4) is 0 Å². The van der Waals surface area contributed by atoms with Crippen LogP contribution in [-0.4, -0.2) is 32.4 Å². The molecule has 1 saturated heterocycles. The molecule has 0 bridgehead atoms. The Labute approximate surface area is 171 Å². The van der Waals surface area contributed by atoms with Gasteiger partial charge in [-0.25, -0.2) is 21.9 Å². The van der Waals surface area contributed by atoms with Crippen molar-refractivity contribution in [3.05, 3.63) is 64.7 Å². The maximum Gasteiger partial charge on any atom is 0.416 e. The summed E-state index contributed by atoms with van der Waals surface area (Å²) in [6, 6.07) is 6.19. The summed E-state index contributed by atoms with van der Waals surface area (Å²) >= 11 is 0. The van der Waals surface area contributed by atoms with Gasteiger partial charge in [-0.05, 0) is 55.2 Å². The first kappa shape index (κ1) is 22.6. The maximum atomic E-state index is 13.3. The first-order chi connectivity index (χ1) is 14.0. The molecule has 30 heavy (non-hydrogen) atoms. The van der Waals surface area contributed by atoms with Gasteiger partial charge in [-0.2, -0.15) is 13.2 Å². The highest BCUT2D eigenvalue weighted by molar-refractivity contribution is 7.89. The third-order valence-electron chi connectivity index (χ3n) is 5.12. The maximum absolute atomic E-state index is 13.3. The van der Waals surface area contributed by atoms with Crippen molar-refractivity contribution < 1.29 is 30.4 Å². The van der Waals surface area contributed by atoms with Gasteiger partial charge in [0.15, 0.2) is 11.6 Å². The molecule has 3 rings (SSSR count). The van der Waals surface area contributed by atoms with Crippen LogP contribution in [-0.2, 0) is 22.7 Å². The van der Waals surface area contributed by atoms with Gasteiger partial charge in [0.25, 0.3) is 0 Å². The van der Waals surface area contributed by atoms with Crippen molar-refractivity contribution in [3.63, 3.8) is 0 Å². The molecule has 10 heteroatoms. The zero-order chi connectivity index (χ0) is 22.1. The van der Waals surface area contributed by atoms with Crippen LogP contribution in [0.1, 0.15) is 29.5 Å². The minimum Gasteiger partial charge on any atom is -0.299 e. The molecule has 1 aliphatic heterocycles. The number of nitrogens with one attached hydrogen (secondary N) is 1. The molecule has 0 radical (unpaired) electrons. The van der Waals surface area contributed by atoms with Crippen LogP contribution >= 0.6 is 0 Å². The predicted molar refractivity (Wildman–Crippen MR) is 101 cm³/mol. The smallest absolute Gasteiger partial charge is 0.299 e. The van der Waals surface area contributed by atoms with Crippen LogP contribution in [0.5, 0.6) is 0 Å². The lowest BCUT2D eigenvalue weighted by atomic mass is 10.1. The van der Waals surface area contributed by atoms with E-state index < -0.39 is 44.3 Å². The number of hydrogen-bond donors (Lipinski definition) is 1. The lowest BCUT2D eigenvalue weighted by Gasteiger charge is -2.32. The standard InChI is InChI=1S/C20H21F5N2O2S/c1-13-2-4-16(11-17(13)20(23,24)25)30(28,29)26-15-6-8-27(9-7-15)12-14-3-5-18(21)19(22)10-14/h2-5,10-11,15,26H,6-9,12H2,1H3. The van der Waals surface area contributed by atoms with Crippen LogP contribution in [0.4, 0.5) is 22.0 Å². The zero-order valence-corrected chi connectivity index (χ0v) is 17.0. The largest absolute Gasteiger partial charge is 0.416 e. The molecule has 164 valence electrons. The highest BCUT2D eigenvalue weighted by atomic mass is 32.2. The van der Waals surface area contributed by atoms with Gasteiger partial charge in [0.1, 0.15) is 0 Å². The summed E-state index contributed by atoms with van der Waals surface area (Å²) < 4.78 is 93.2. The van der Waals surface area contributed by atoms with Crippen LogP contribution in [0.15, 0.2) is 41.3 Å². The molecule has 0 aromatic heterocycles. The molecule has 0 unspecified atom stereocenters. The summed E-state index contributed by atoms with van der Waals surface area (Å²) in [5.41, 5.74) is -0.425. The number of piperidine rings is 1. The molecule has 0 atom stereocenters. The monoisotopic (exact) mass is 448 g/mol. The predicted octanol–water partition coefficient (Wildman–Crippen LogP) is 4.23. The normalized spacial score (nSPS) is 16.7. The van der Waals surface area contributed by atoms with E-state index in [1.54, 1.807) is 0 Å². The van der Waals surface area contributed by atoms with Gasteiger partial charge in [0.05, 0.1) is 10.5 Å². The van der Waals surface area contributed by atoms with E-state index in [1.165, 1.54) is 13.0 Å². The van der Waals surface area contributed by atoms with Gasteiger partial charge in [-0.3, -0.25) is 4.90 Å². The molecule has 4 nitrogen and oxygen atoms in total. The number of benzene rings is 2. The van der Waals surface area contributed by atoms with Crippen molar-refractivity contribution in [1.82, 2.24) is 9.62 Å². The Morgan fingerprint density at radius 3 is 2.30 bits per heavy atom. The first-order valence-corrected chi connectivity index (χ1v) is 10.8. The number of likely N-dealkylation sites (tertiary alicyclic amines) is 1. The average molecular weight is 448 g/mol. The van der Waals surface area contributed by atoms with E-state index in [0.29, 0.717) is 44.1 Å². The minimum absolute atomic E-state index is 0.0491. The molecule has 0 amide bonds. The second kappa shape index (κ2) is 8.60. The summed E-state index contributed by atoms with van der Waals surface area (Å²) in [6.07, 6.45) is -3.75. The van der Waals surface area contributed by atoms with Crippen LogP contribution in [0, 0.1) is 18.6 Å².